The molecule has 0 N–H and O–H groups in total. The Kier molecular flexibility index (Phi) is 5.57. The molecule has 3 rings (SSSR count). The molecule has 2 aromatic carbocycles. The van der Waals surface area contributed by atoms with Crippen LogP contribution in [0.25, 0.3) is 10.8 Å². The normalized spacial score (nSPS) is 12.7. The zero-order chi connectivity index (χ0) is 21.3. The molecule has 8 heteroatoms. The van der Waals surface area contributed by atoms with E-state index in [1.165, 1.54) is 21.7 Å². The molecule has 0 saturated carbocycles. The summed E-state index contributed by atoms with van der Waals surface area (Å²) in [7, 11) is -1.63. The van der Waals surface area contributed by atoms with Crippen molar-refractivity contribution in [2.24, 2.45) is 0 Å². The molecule has 0 aliphatic rings. The molecule has 0 radical (unpaired) electrons. The Morgan fingerprint density at radius 3 is 2.28 bits per heavy atom. The Morgan fingerprint density at radius 2 is 1.69 bits per heavy atom. The second-order valence-corrected chi connectivity index (χ2v) is 9.13. The van der Waals surface area contributed by atoms with Gasteiger partial charge >= 0.3 is 0 Å². The highest BCUT2D eigenvalue weighted by Gasteiger charge is 2.20. The Bertz CT molecular complexity index is 1230. The first-order chi connectivity index (χ1) is 13.6. The average Bonchev–Trinajstić information content (AvgIpc) is 2.70. The topological polar surface area (TPSA) is 89.3 Å². The lowest BCUT2D eigenvalue weighted by Crippen LogP contribution is -2.36. The Morgan fingerprint density at radius 1 is 1.10 bits per heavy atom. The van der Waals surface area contributed by atoms with Gasteiger partial charge < -0.3 is 4.90 Å². The third-order valence-electron chi connectivity index (χ3n) is 5.10. The quantitative estimate of drug-likeness (QED) is 0.640. The van der Waals surface area contributed by atoms with Crippen LogP contribution in [0.1, 0.15) is 24.2 Å². The minimum Gasteiger partial charge on any atom is -0.337 e. The van der Waals surface area contributed by atoms with Crippen molar-refractivity contribution < 1.29 is 13.2 Å². The van der Waals surface area contributed by atoms with E-state index in [9.17, 15) is 18.0 Å². The third kappa shape index (κ3) is 4.22. The van der Waals surface area contributed by atoms with Gasteiger partial charge in [-0.3, -0.25) is 9.59 Å². The van der Waals surface area contributed by atoms with Crippen molar-refractivity contribution in [3.63, 3.8) is 0 Å². The van der Waals surface area contributed by atoms with Crippen molar-refractivity contribution in [1.82, 2.24) is 14.7 Å². The standard InChI is InChI=1S/C21H23N3O4S/c1-14-18-7-5-6-8-19(18)21(26)24(22-14)13-20(25)23(3)15(2)16-9-11-17(12-10-16)29(4,27)28/h5-12,15H,13H2,1-4H3. The van der Waals surface area contributed by atoms with Crippen LogP contribution in [0, 0.1) is 6.92 Å². The smallest absolute Gasteiger partial charge is 0.275 e. The maximum Gasteiger partial charge on any atom is 0.275 e. The van der Waals surface area contributed by atoms with Gasteiger partial charge in [0.2, 0.25) is 5.91 Å². The third-order valence-corrected chi connectivity index (χ3v) is 6.23. The second kappa shape index (κ2) is 7.79. The number of aryl methyl sites for hydroxylation is 1. The number of fused-ring (bicyclic) bond motifs is 1. The number of likely N-dealkylation sites (N-methyl/N-ethyl adjacent to an activating group) is 1. The number of carbonyl (C=O) groups excluding carboxylic acids is 1. The van der Waals surface area contributed by atoms with Crippen LogP contribution in [-0.4, -0.2) is 42.3 Å². The fourth-order valence-electron chi connectivity index (χ4n) is 3.18. The minimum atomic E-state index is -3.28. The van der Waals surface area contributed by atoms with E-state index in [1.807, 2.05) is 19.1 Å². The summed E-state index contributed by atoms with van der Waals surface area (Å²) in [4.78, 5) is 27.2. The van der Waals surface area contributed by atoms with E-state index in [0.717, 1.165) is 17.2 Å². The van der Waals surface area contributed by atoms with Gasteiger partial charge in [0.15, 0.2) is 9.84 Å². The lowest BCUT2D eigenvalue weighted by atomic mass is 10.1. The van der Waals surface area contributed by atoms with E-state index in [-0.39, 0.29) is 28.9 Å². The predicted molar refractivity (Wildman–Crippen MR) is 111 cm³/mol. The Hall–Kier alpha value is -3.00. The fourth-order valence-corrected chi connectivity index (χ4v) is 3.81. The molecular formula is C21H23N3O4S. The number of hydrogen-bond acceptors (Lipinski definition) is 5. The lowest BCUT2D eigenvalue weighted by molar-refractivity contribution is -0.132. The first kappa shape index (κ1) is 20.7. The zero-order valence-corrected chi connectivity index (χ0v) is 17.6. The second-order valence-electron chi connectivity index (χ2n) is 7.12. The molecule has 0 bridgehead atoms. The number of carbonyl (C=O) groups is 1. The van der Waals surface area contributed by atoms with Gasteiger partial charge in [-0.1, -0.05) is 30.3 Å². The van der Waals surface area contributed by atoms with Crippen molar-refractivity contribution in [1.29, 1.82) is 0 Å². The van der Waals surface area contributed by atoms with Crippen molar-refractivity contribution in [2.45, 2.75) is 31.3 Å². The first-order valence-electron chi connectivity index (χ1n) is 9.11. The fraction of sp³-hybridized carbons (Fsp3) is 0.286. The summed E-state index contributed by atoms with van der Waals surface area (Å²) in [6, 6.07) is 13.3. The molecule has 1 aromatic heterocycles. The highest BCUT2D eigenvalue weighted by atomic mass is 32.2. The maximum absolute atomic E-state index is 12.8. The minimum absolute atomic E-state index is 0.174. The van der Waals surface area contributed by atoms with Crippen LogP contribution in [0.15, 0.2) is 58.2 Å². The Labute approximate surface area is 169 Å². The number of aromatic nitrogens is 2. The molecule has 1 unspecified atom stereocenters. The average molecular weight is 413 g/mol. The number of amides is 1. The van der Waals surface area contributed by atoms with Crippen LogP contribution in [0.3, 0.4) is 0 Å². The van der Waals surface area contributed by atoms with E-state index in [2.05, 4.69) is 5.10 Å². The first-order valence-corrected chi connectivity index (χ1v) is 11.0. The molecule has 1 heterocycles. The molecule has 7 nitrogen and oxygen atoms in total. The molecule has 0 aliphatic carbocycles. The van der Waals surface area contributed by atoms with E-state index < -0.39 is 9.84 Å². The van der Waals surface area contributed by atoms with Gasteiger partial charge in [-0.15, -0.1) is 0 Å². The maximum atomic E-state index is 12.8. The number of nitrogens with zero attached hydrogens (tertiary/aromatic N) is 3. The van der Waals surface area contributed by atoms with Gasteiger partial charge in [0, 0.05) is 18.7 Å². The van der Waals surface area contributed by atoms with Gasteiger partial charge in [0.25, 0.3) is 5.56 Å². The predicted octanol–water partition coefficient (Wildman–Crippen LogP) is 2.33. The molecule has 0 aliphatic heterocycles. The molecular weight excluding hydrogens is 390 g/mol. The summed E-state index contributed by atoms with van der Waals surface area (Å²) in [6.45, 7) is 3.47. The molecule has 29 heavy (non-hydrogen) atoms. The monoisotopic (exact) mass is 413 g/mol. The van der Waals surface area contributed by atoms with Gasteiger partial charge in [0.05, 0.1) is 22.0 Å². The van der Waals surface area contributed by atoms with Gasteiger partial charge in [-0.05, 0) is 37.6 Å². The summed E-state index contributed by atoms with van der Waals surface area (Å²) in [5.41, 5.74) is 1.17. The molecule has 1 amide bonds. The molecule has 1 atom stereocenters. The zero-order valence-electron chi connectivity index (χ0n) is 16.8. The van der Waals surface area contributed by atoms with E-state index in [4.69, 9.17) is 0 Å². The van der Waals surface area contributed by atoms with Crippen LogP contribution in [0.5, 0.6) is 0 Å². The van der Waals surface area contributed by atoms with Gasteiger partial charge in [-0.2, -0.15) is 5.10 Å². The number of rotatable bonds is 5. The van der Waals surface area contributed by atoms with Crippen LogP contribution < -0.4 is 5.56 Å². The summed E-state index contributed by atoms with van der Waals surface area (Å²) in [6.07, 6.45) is 1.15. The van der Waals surface area contributed by atoms with Crippen LogP contribution in [0.2, 0.25) is 0 Å². The largest absolute Gasteiger partial charge is 0.337 e. The summed E-state index contributed by atoms with van der Waals surface area (Å²) < 4.78 is 24.4. The molecule has 152 valence electrons. The summed E-state index contributed by atoms with van der Waals surface area (Å²) in [5, 5.41) is 5.58. The van der Waals surface area contributed by atoms with Crippen molar-refractivity contribution in [3.05, 3.63) is 70.1 Å². The summed E-state index contributed by atoms with van der Waals surface area (Å²) >= 11 is 0. The van der Waals surface area contributed by atoms with Crippen molar-refractivity contribution >= 4 is 26.5 Å². The molecule has 0 fully saturated rings. The highest BCUT2D eigenvalue weighted by Crippen LogP contribution is 2.21. The number of sulfone groups is 1. The lowest BCUT2D eigenvalue weighted by Gasteiger charge is -2.25. The van der Waals surface area contributed by atoms with E-state index >= 15 is 0 Å². The number of hydrogen-bond donors (Lipinski definition) is 0. The van der Waals surface area contributed by atoms with Crippen molar-refractivity contribution in [3.8, 4) is 0 Å². The SMILES string of the molecule is Cc1nn(CC(=O)N(C)C(C)c2ccc(S(C)(=O)=O)cc2)c(=O)c2ccccc12. The van der Waals surface area contributed by atoms with Gasteiger partial charge in [0.1, 0.15) is 6.54 Å². The molecule has 3 aromatic rings. The van der Waals surface area contributed by atoms with E-state index in [0.29, 0.717) is 11.1 Å². The van der Waals surface area contributed by atoms with Crippen LogP contribution in [0.4, 0.5) is 0 Å². The number of benzene rings is 2. The van der Waals surface area contributed by atoms with E-state index in [1.54, 1.807) is 38.2 Å². The highest BCUT2D eigenvalue weighted by molar-refractivity contribution is 7.90. The molecule has 0 spiro atoms. The summed E-state index contributed by atoms with van der Waals surface area (Å²) in [5.74, 6) is -0.269. The van der Waals surface area contributed by atoms with Crippen LogP contribution in [-0.2, 0) is 21.2 Å². The Balaban J connectivity index is 1.83. The van der Waals surface area contributed by atoms with Crippen molar-refractivity contribution in [2.75, 3.05) is 13.3 Å². The van der Waals surface area contributed by atoms with Gasteiger partial charge in [-0.25, -0.2) is 13.1 Å². The van der Waals surface area contributed by atoms with Crippen LogP contribution >= 0.6 is 0 Å². The molecule has 0 saturated heterocycles.